The second-order valence-corrected chi connectivity index (χ2v) is 5.75. The molecular formula is C18H18N2O4. The molecule has 0 bridgehead atoms. The highest BCUT2D eigenvalue weighted by atomic mass is 16.5. The van der Waals surface area contributed by atoms with Crippen molar-refractivity contribution in [3.8, 4) is 5.75 Å². The van der Waals surface area contributed by atoms with E-state index in [-0.39, 0.29) is 5.91 Å². The zero-order chi connectivity index (χ0) is 17.3. The first kappa shape index (κ1) is 15.9. The SMILES string of the molecule is CC(C(=O)O)N1C(=O)C(Cc2ccccc2)Oc2cc(N)ccc21. The molecule has 124 valence electrons. The van der Waals surface area contributed by atoms with Gasteiger partial charge in [-0.15, -0.1) is 0 Å². The van der Waals surface area contributed by atoms with Gasteiger partial charge in [0, 0.05) is 18.2 Å². The molecule has 0 saturated heterocycles. The largest absolute Gasteiger partial charge is 0.480 e. The lowest BCUT2D eigenvalue weighted by Crippen LogP contribution is -2.53. The van der Waals surface area contributed by atoms with Crippen molar-refractivity contribution in [1.29, 1.82) is 0 Å². The number of carbonyl (C=O) groups excluding carboxylic acids is 1. The smallest absolute Gasteiger partial charge is 0.326 e. The molecule has 3 rings (SSSR count). The van der Waals surface area contributed by atoms with E-state index in [9.17, 15) is 14.7 Å². The zero-order valence-corrected chi connectivity index (χ0v) is 13.2. The molecule has 1 amide bonds. The summed E-state index contributed by atoms with van der Waals surface area (Å²) < 4.78 is 5.82. The minimum absolute atomic E-state index is 0.358. The first-order valence-electron chi connectivity index (χ1n) is 7.63. The molecule has 0 spiro atoms. The Kier molecular flexibility index (Phi) is 4.12. The van der Waals surface area contributed by atoms with Crippen molar-refractivity contribution in [3.63, 3.8) is 0 Å². The van der Waals surface area contributed by atoms with E-state index in [1.54, 1.807) is 18.2 Å². The Morgan fingerprint density at radius 2 is 2.00 bits per heavy atom. The fourth-order valence-electron chi connectivity index (χ4n) is 2.77. The topological polar surface area (TPSA) is 92.9 Å². The van der Waals surface area contributed by atoms with Crippen LogP contribution in [0.3, 0.4) is 0 Å². The summed E-state index contributed by atoms with van der Waals surface area (Å²) in [6.45, 7) is 1.48. The molecule has 2 atom stereocenters. The molecule has 1 aliphatic rings. The highest BCUT2D eigenvalue weighted by molar-refractivity contribution is 6.04. The Morgan fingerprint density at radius 3 is 2.67 bits per heavy atom. The number of fused-ring (bicyclic) bond motifs is 1. The summed E-state index contributed by atoms with van der Waals surface area (Å²) in [5.41, 5.74) is 7.65. The van der Waals surface area contributed by atoms with E-state index in [1.807, 2.05) is 30.3 Å². The third-order valence-electron chi connectivity index (χ3n) is 4.03. The van der Waals surface area contributed by atoms with Gasteiger partial charge in [0.1, 0.15) is 11.8 Å². The molecule has 0 radical (unpaired) electrons. The molecule has 6 nitrogen and oxygen atoms in total. The van der Waals surface area contributed by atoms with Gasteiger partial charge >= 0.3 is 5.97 Å². The first-order chi connectivity index (χ1) is 11.5. The van der Waals surface area contributed by atoms with Crippen LogP contribution in [0, 0.1) is 0 Å². The highest BCUT2D eigenvalue weighted by Gasteiger charge is 2.39. The maximum Gasteiger partial charge on any atom is 0.326 e. The molecule has 24 heavy (non-hydrogen) atoms. The number of carbonyl (C=O) groups is 2. The Labute approximate surface area is 139 Å². The summed E-state index contributed by atoms with van der Waals surface area (Å²) in [6.07, 6.45) is -0.431. The number of amides is 1. The van der Waals surface area contributed by atoms with Crippen LogP contribution in [0.25, 0.3) is 0 Å². The summed E-state index contributed by atoms with van der Waals surface area (Å²) in [7, 11) is 0. The number of nitrogens with zero attached hydrogens (tertiary/aromatic N) is 1. The maximum absolute atomic E-state index is 12.8. The number of carboxylic acid groups (broad SMARTS) is 1. The van der Waals surface area contributed by atoms with Crippen LogP contribution < -0.4 is 15.4 Å². The standard InChI is InChI=1S/C18H18N2O4/c1-11(18(22)23)20-14-8-7-13(19)10-15(14)24-16(17(20)21)9-12-5-3-2-4-6-12/h2-8,10-11,16H,9,19H2,1H3,(H,22,23). The van der Waals surface area contributed by atoms with E-state index in [1.165, 1.54) is 11.8 Å². The molecule has 2 aromatic rings. The fourth-order valence-corrected chi connectivity index (χ4v) is 2.77. The molecule has 0 aliphatic carbocycles. The summed E-state index contributed by atoms with van der Waals surface area (Å²) in [5, 5.41) is 9.35. The van der Waals surface area contributed by atoms with Crippen LogP contribution >= 0.6 is 0 Å². The Bertz CT molecular complexity index is 776. The van der Waals surface area contributed by atoms with Crippen molar-refractivity contribution >= 4 is 23.3 Å². The van der Waals surface area contributed by atoms with Gasteiger partial charge in [0.15, 0.2) is 6.10 Å². The maximum atomic E-state index is 12.8. The number of nitrogens with two attached hydrogens (primary N) is 1. The number of carboxylic acids is 1. The predicted octanol–water partition coefficient (Wildman–Crippen LogP) is 2.08. The van der Waals surface area contributed by atoms with Gasteiger partial charge in [0.2, 0.25) is 0 Å². The van der Waals surface area contributed by atoms with Crippen molar-refractivity contribution in [2.45, 2.75) is 25.5 Å². The second kappa shape index (κ2) is 6.23. The lowest BCUT2D eigenvalue weighted by molar-refractivity contribution is -0.140. The van der Waals surface area contributed by atoms with Gasteiger partial charge in [-0.05, 0) is 24.6 Å². The van der Waals surface area contributed by atoms with Crippen molar-refractivity contribution in [1.82, 2.24) is 0 Å². The van der Waals surface area contributed by atoms with Gasteiger partial charge in [0.05, 0.1) is 5.69 Å². The van der Waals surface area contributed by atoms with E-state index < -0.39 is 18.1 Å². The molecule has 1 aliphatic heterocycles. The van der Waals surface area contributed by atoms with Gasteiger partial charge in [0.25, 0.3) is 5.91 Å². The Hall–Kier alpha value is -3.02. The van der Waals surface area contributed by atoms with E-state index in [0.29, 0.717) is 23.5 Å². The normalized spacial score (nSPS) is 17.8. The molecule has 3 N–H and O–H groups in total. The molecule has 0 aromatic heterocycles. The molecule has 0 fully saturated rings. The Balaban J connectivity index is 1.99. The lowest BCUT2D eigenvalue weighted by atomic mass is 10.0. The lowest BCUT2D eigenvalue weighted by Gasteiger charge is -2.36. The average molecular weight is 326 g/mol. The number of nitrogen functional groups attached to an aromatic ring is 1. The molecule has 2 unspecified atom stereocenters. The fraction of sp³-hybridized carbons (Fsp3) is 0.222. The van der Waals surface area contributed by atoms with E-state index >= 15 is 0 Å². The van der Waals surface area contributed by atoms with Crippen LogP contribution in [-0.2, 0) is 16.0 Å². The van der Waals surface area contributed by atoms with Crippen LogP contribution in [0.15, 0.2) is 48.5 Å². The molecule has 0 saturated carbocycles. The van der Waals surface area contributed by atoms with Crippen LogP contribution in [0.5, 0.6) is 5.75 Å². The van der Waals surface area contributed by atoms with Crippen LogP contribution in [0.2, 0.25) is 0 Å². The van der Waals surface area contributed by atoms with Gasteiger partial charge in [-0.25, -0.2) is 4.79 Å². The summed E-state index contributed by atoms with van der Waals surface area (Å²) >= 11 is 0. The van der Waals surface area contributed by atoms with Crippen molar-refractivity contribution in [3.05, 3.63) is 54.1 Å². The van der Waals surface area contributed by atoms with Crippen molar-refractivity contribution in [2.75, 3.05) is 10.6 Å². The number of ether oxygens (including phenoxy) is 1. The third kappa shape index (κ3) is 2.90. The monoisotopic (exact) mass is 326 g/mol. The molecule has 6 heteroatoms. The van der Waals surface area contributed by atoms with Crippen LogP contribution in [0.1, 0.15) is 12.5 Å². The minimum Gasteiger partial charge on any atom is -0.480 e. The number of aliphatic carboxylic acids is 1. The first-order valence-corrected chi connectivity index (χ1v) is 7.63. The quantitative estimate of drug-likeness (QED) is 0.839. The average Bonchev–Trinajstić information content (AvgIpc) is 2.56. The number of benzene rings is 2. The van der Waals surface area contributed by atoms with E-state index in [4.69, 9.17) is 10.5 Å². The van der Waals surface area contributed by atoms with Gasteiger partial charge in [-0.3, -0.25) is 9.69 Å². The van der Waals surface area contributed by atoms with E-state index in [2.05, 4.69) is 0 Å². The molecule has 1 heterocycles. The highest BCUT2D eigenvalue weighted by Crippen LogP contribution is 2.37. The number of rotatable bonds is 4. The van der Waals surface area contributed by atoms with E-state index in [0.717, 1.165) is 5.56 Å². The number of hydrogen-bond donors (Lipinski definition) is 2. The minimum atomic E-state index is -1.08. The Morgan fingerprint density at radius 1 is 1.29 bits per heavy atom. The summed E-state index contributed by atoms with van der Waals surface area (Å²) in [6, 6.07) is 13.3. The van der Waals surface area contributed by atoms with Gasteiger partial charge in [-0.2, -0.15) is 0 Å². The number of hydrogen-bond acceptors (Lipinski definition) is 4. The molecule has 2 aromatic carbocycles. The van der Waals surface area contributed by atoms with Crippen LogP contribution in [0.4, 0.5) is 11.4 Å². The second-order valence-electron chi connectivity index (χ2n) is 5.75. The predicted molar refractivity (Wildman–Crippen MR) is 90.0 cm³/mol. The van der Waals surface area contributed by atoms with Gasteiger partial charge < -0.3 is 15.6 Å². The molecular weight excluding hydrogens is 308 g/mol. The zero-order valence-electron chi connectivity index (χ0n) is 13.2. The van der Waals surface area contributed by atoms with Crippen molar-refractivity contribution < 1.29 is 19.4 Å². The number of anilines is 2. The third-order valence-corrected chi connectivity index (χ3v) is 4.03. The van der Waals surface area contributed by atoms with Crippen molar-refractivity contribution in [2.24, 2.45) is 0 Å². The van der Waals surface area contributed by atoms with Gasteiger partial charge in [-0.1, -0.05) is 30.3 Å². The summed E-state index contributed by atoms with van der Waals surface area (Å²) in [5.74, 6) is -1.03. The van der Waals surface area contributed by atoms with Crippen LogP contribution in [-0.4, -0.2) is 29.1 Å². The summed E-state index contributed by atoms with van der Waals surface area (Å²) in [4.78, 5) is 25.5.